The highest BCUT2D eigenvalue weighted by Crippen LogP contribution is 2.54. The van der Waals surface area contributed by atoms with Crippen molar-refractivity contribution in [3.8, 4) is 0 Å². The second-order valence-corrected chi connectivity index (χ2v) is 11.2. The first-order valence-electron chi connectivity index (χ1n) is 13.7. The molecule has 2 fully saturated rings. The Balaban J connectivity index is 1.42. The van der Waals surface area contributed by atoms with Crippen LogP contribution in [0.4, 0.5) is 5.69 Å². The van der Waals surface area contributed by atoms with E-state index in [1.807, 2.05) is 61.6 Å². The molecule has 4 aliphatic rings. The zero-order chi connectivity index (χ0) is 28.0. The number of anilines is 1. The van der Waals surface area contributed by atoms with E-state index in [4.69, 9.17) is 16.3 Å². The van der Waals surface area contributed by atoms with E-state index in [-0.39, 0.29) is 30.9 Å². The Bertz CT molecular complexity index is 1360. The zero-order valence-electron chi connectivity index (χ0n) is 22.2. The van der Waals surface area contributed by atoms with E-state index < -0.39 is 35.6 Å². The van der Waals surface area contributed by atoms with E-state index in [0.29, 0.717) is 30.2 Å². The minimum Gasteiger partial charge on any atom is -0.394 e. The van der Waals surface area contributed by atoms with Gasteiger partial charge in [-0.25, -0.2) is 0 Å². The van der Waals surface area contributed by atoms with Gasteiger partial charge in [0.15, 0.2) is 0 Å². The predicted octanol–water partition coefficient (Wildman–Crippen LogP) is 3.19. The predicted molar refractivity (Wildman–Crippen MR) is 150 cm³/mol. The fourth-order valence-electron chi connectivity index (χ4n) is 6.73. The monoisotopic (exact) mass is 561 g/mol. The van der Waals surface area contributed by atoms with Crippen LogP contribution in [0.5, 0.6) is 0 Å². The molecule has 1 unspecified atom stereocenters. The first kappa shape index (κ1) is 26.7. The number of halogens is 1. The van der Waals surface area contributed by atoms with Crippen LogP contribution in [0.2, 0.25) is 5.02 Å². The van der Waals surface area contributed by atoms with Gasteiger partial charge in [0.1, 0.15) is 11.6 Å². The largest absolute Gasteiger partial charge is 0.394 e. The molecular formula is C31H32ClN3O5. The van der Waals surface area contributed by atoms with Crippen LogP contribution in [0.15, 0.2) is 78.9 Å². The molecule has 2 aromatic rings. The molecule has 6 atom stereocenters. The first-order chi connectivity index (χ1) is 19.4. The fraction of sp³-hybridized carbons (Fsp3) is 0.387. The highest BCUT2D eigenvalue weighted by Gasteiger charge is 2.72. The molecule has 1 N–H and O–H groups in total. The summed E-state index contributed by atoms with van der Waals surface area (Å²) in [5, 5.41) is 10.8. The Morgan fingerprint density at radius 1 is 1.00 bits per heavy atom. The Morgan fingerprint density at radius 3 is 2.45 bits per heavy atom. The van der Waals surface area contributed by atoms with Crippen LogP contribution in [-0.4, -0.2) is 76.1 Å². The van der Waals surface area contributed by atoms with Gasteiger partial charge in [-0.1, -0.05) is 73.2 Å². The molecule has 3 amide bonds. The molecule has 2 saturated heterocycles. The summed E-state index contributed by atoms with van der Waals surface area (Å²) in [6, 6.07) is 15.1. The van der Waals surface area contributed by atoms with Crippen molar-refractivity contribution in [3.05, 3.63) is 89.5 Å². The second kappa shape index (κ2) is 10.5. The summed E-state index contributed by atoms with van der Waals surface area (Å²) in [5.41, 5.74) is 0.285. The van der Waals surface area contributed by atoms with E-state index >= 15 is 0 Å². The van der Waals surface area contributed by atoms with Gasteiger partial charge >= 0.3 is 0 Å². The van der Waals surface area contributed by atoms with Crippen LogP contribution >= 0.6 is 11.6 Å². The quantitative estimate of drug-likeness (QED) is 0.547. The Labute approximate surface area is 238 Å². The van der Waals surface area contributed by atoms with Crippen LogP contribution in [0.25, 0.3) is 0 Å². The van der Waals surface area contributed by atoms with E-state index in [1.54, 1.807) is 34.1 Å². The van der Waals surface area contributed by atoms with Crippen molar-refractivity contribution >= 4 is 35.0 Å². The van der Waals surface area contributed by atoms with Crippen LogP contribution in [0, 0.1) is 11.8 Å². The summed E-state index contributed by atoms with van der Waals surface area (Å²) in [7, 11) is 0. The normalized spacial score (nSPS) is 30.2. The summed E-state index contributed by atoms with van der Waals surface area (Å²) in [5.74, 6) is -2.52. The van der Waals surface area contributed by atoms with Crippen molar-refractivity contribution in [2.45, 2.75) is 43.7 Å². The molecule has 0 bridgehead atoms. The van der Waals surface area contributed by atoms with E-state index in [0.717, 1.165) is 5.56 Å². The molecule has 8 nitrogen and oxygen atoms in total. The molecular weight excluding hydrogens is 530 g/mol. The van der Waals surface area contributed by atoms with Crippen LogP contribution in [-0.2, 0) is 25.7 Å². The number of nitrogens with zero attached hydrogens (tertiary/aromatic N) is 3. The Kier molecular flexibility index (Phi) is 7.02. The third kappa shape index (κ3) is 4.17. The maximum atomic E-state index is 14.4. The topological polar surface area (TPSA) is 90.4 Å². The van der Waals surface area contributed by atoms with Crippen LogP contribution < -0.4 is 4.90 Å². The number of fused-ring (bicyclic) bond motifs is 2. The third-order valence-electron chi connectivity index (χ3n) is 8.61. The maximum Gasteiger partial charge on any atom is 0.253 e. The minimum absolute atomic E-state index is 0.175. The SMILES string of the molecule is CC[C@@H](CO)N1C(=O)[C@@H]2[C@H]3C(=O)N(Cc4ccccc4)CC=C[C@H]3O[C@@]23C=CCN(c2ccc(Cl)cc2)C(=O)C13. The van der Waals surface area contributed by atoms with Crippen molar-refractivity contribution in [3.63, 3.8) is 0 Å². The summed E-state index contributed by atoms with van der Waals surface area (Å²) in [4.78, 5) is 47.7. The van der Waals surface area contributed by atoms with Gasteiger partial charge in [0.25, 0.3) is 5.91 Å². The van der Waals surface area contributed by atoms with Gasteiger partial charge in [-0.2, -0.15) is 0 Å². The van der Waals surface area contributed by atoms with E-state index in [9.17, 15) is 19.5 Å². The number of carbonyl (C=O) groups is 3. The molecule has 40 heavy (non-hydrogen) atoms. The molecule has 0 radical (unpaired) electrons. The van der Waals surface area contributed by atoms with Crippen LogP contribution in [0.3, 0.4) is 0 Å². The van der Waals surface area contributed by atoms with Crippen molar-refractivity contribution < 1.29 is 24.2 Å². The molecule has 1 spiro atoms. The molecule has 9 heteroatoms. The minimum atomic E-state index is -1.34. The summed E-state index contributed by atoms with van der Waals surface area (Å²) >= 11 is 6.10. The number of carbonyl (C=O) groups excluding carboxylic acids is 3. The molecule has 6 rings (SSSR count). The summed E-state index contributed by atoms with van der Waals surface area (Å²) < 4.78 is 6.69. The van der Waals surface area contributed by atoms with Gasteiger partial charge < -0.3 is 24.5 Å². The van der Waals surface area contributed by atoms with Gasteiger partial charge in [-0.05, 0) is 36.2 Å². The number of aliphatic hydroxyl groups excluding tert-OH is 1. The summed E-state index contributed by atoms with van der Waals surface area (Å²) in [6.45, 7) is 2.64. The highest BCUT2D eigenvalue weighted by molar-refractivity contribution is 6.30. The molecule has 2 aromatic carbocycles. The van der Waals surface area contributed by atoms with Crippen molar-refractivity contribution in [1.29, 1.82) is 0 Å². The summed E-state index contributed by atoms with van der Waals surface area (Å²) in [6.07, 6.45) is 7.22. The zero-order valence-corrected chi connectivity index (χ0v) is 23.0. The smallest absolute Gasteiger partial charge is 0.253 e. The average molecular weight is 562 g/mol. The Hall–Kier alpha value is -3.46. The Morgan fingerprint density at radius 2 is 1.75 bits per heavy atom. The number of likely N-dealkylation sites (tertiary alicyclic amines) is 1. The van der Waals surface area contributed by atoms with Crippen LogP contribution in [0.1, 0.15) is 18.9 Å². The molecule has 0 aliphatic carbocycles. The van der Waals surface area contributed by atoms with Gasteiger partial charge in [0.2, 0.25) is 11.8 Å². The van der Waals surface area contributed by atoms with Crippen molar-refractivity contribution in [2.75, 3.05) is 24.6 Å². The lowest BCUT2D eigenvalue weighted by Gasteiger charge is -2.38. The average Bonchev–Trinajstić information content (AvgIpc) is 3.28. The fourth-order valence-corrected chi connectivity index (χ4v) is 6.86. The van der Waals surface area contributed by atoms with Gasteiger partial charge in [-0.3, -0.25) is 14.4 Å². The number of benzene rings is 2. The number of ether oxygens (including phenoxy) is 1. The third-order valence-corrected chi connectivity index (χ3v) is 8.86. The van der Waals surface area contributed by atoms with Crippen molar-refractivity contribution in [1.82, 2.24) is 9.80 Å². The molecule has 0 saturated carbocycles. The maximum absolute atomic E-state index is 14.4. The highest BCUT2D eigenvalue weighted by atomic mass is 35.5. The number of aliphatic hydroxyl groups is 1. The lowest BCUT2D eigenvalue weighted by molar-refractivity contribution is -0.147. The first-order valence-corrected chi connectivity index (χ1v) is 14.1. The molecule has 208 valence electrons. The van der Waals surface area contributed by atoms with E-state index in [1.165, 1.54) is 4.90 Å². The van der Waals surface area contributed by atoms with Gasteiger partial charge in [0, 0.05) is 30.3 Å². The number of hydrogen-bond donors (Lipinski definition) is 1. The number of rotatable bonds is 6. The molecule has 4 aliphatic heterocycles. The molecule has 4 heterocycles. The number of amides is 3. The van der Waals surface area contributed by atoms with Gasteiger partial charge in [0.05, 0.1) is 30.6 Å². The molecule has 0 aromatic heterocycles. The standard InChI is InChI=1S/C31H32ClN3O5/c1-2-22(19-36)35-27-30(39)34(23-13-11-21(32)12-14-23)17-7-15-31(27)26(29(35)38)25-24(40-31)10-6-16-33(28(25)37)18-20-8-4-3-5-9-20/h3-15,22,24-27,36H,2,16-19H2,1H3/t22-,24+,25-,26-,27?,31-/m0/s1. The lowest BCUT2D eigenvalue weighted by atomic mass is 9.77. The van der Waals surface area contributed by atoms with Gasteiger partial charge in [-0.15, -0.1) is 0 Å². The second-order valence-electron chi connectivity index (χ2n) is 10.8. The number of hydrogen-bond acceptors (Lipinski definition) is 5. The van der Waals surface area contributed by atoms with E-state index in [2.05, 4.69) is 0 Å². The van der Waals surface area contributed by atoms with Crippen molar-refractivity contribution in [2.24, 2.45) is 11.8 Å². The lowest BCUT2D eigenvalue weighted by Crippen LogP contribution is -2.58.